The number of carbonyl (C=O) groups excluding carboxylic acids is 1. The van der Waals surface area contributed by atoms with E-state index in [-0.39, 0.29) is 5.91 Å². The van der Waals surface area contributed by atoms with E-state index in [4.69, 9.17) is 4.42 Å². The first kappa shape index (κ1) is 15.0. The fourth-order valence-electron chi connectivity index (χ4n) is 3.23. The Morgan fingerprint density at radius 2 is 2.10 bits per heavy atom. The number of furan rings is 1. The third kappa shape index (κ3) is 3.83. The second-order valence-electron chi connectivity index (χ2n) is 5.92. The first-order valence-corrected chi connectivity index (χ1v) is 9.14. The molecule has 21 heavy (non-hydrogen) atoms. The monoisotopic (exact) mass is 308 g/mol. The van der Waals surface area contributed by atoms with E-state index in [0.29, 0.717) is 11.8 Å². The lowest BCUT2D eigenvalue weighted by Gasteiger charge is -2.35. The summed E-state index contributed by atoms with van der Waals surface area (Å²) in [4.78, 5) is 17.2. The molecule has 1 unspecified atom stereocenters. The van der Waals surface area contributed by atoms with Crippen molar-refractivity contribution in [2.45, 2.75) is 31.7 Å². The lowest BCUT2D eigenvalue weighted by Crippen LogP contribution is -2.49. The number of hydrogen-bond donors (Lipinski definition) is 0. The molecule has 0 aromatic carbocycles. The summed E-state index contributed by atoms with van der Waals surface area (Å²) in [6.45, 7) is 4.23. The predicted octanol–water partition coefficient (Wildman–Crippen LogP) is 2.71. The molecule has 116 valence electrons. The standard InChI is InChI=1S/C16H24N2O2S/c19-16(15-6-4-10-20-15)18-9-5-11-21-13-14(18)12-17-7-2-1-3-8-17/h4,6,10,14H,1-3,5,7-9,11-13H2. The number of piperidine rings is 1. The highest BCUT2D eigenvalue weighted by Crippen LogP contribution is 2.21. The van der Waals surface area contributed by atoms with Crippen LogP contribution in [-0.4, -0.2) is 59.4 Å². The lowest BCUT2D eigenvalue weighted by atomic mass is 10.1. The Morgan fingerprint density at radius 3 is 2.86 bits per heavy atom. The van der Waals surface area contributed by atoms with Crippen LogP contribution >= 0.6 is 11.8 Å². The molecule has 4 nitrogen and oxygen atoms in total. The molecule has 3 heterocycles. The Hall–Kier alpha value is -0.940. The van der Waals surface area contributed by atoms with Gasteiger partial charge in [-0.15, -0.1) is 0 Å². The van der Waals surface area contributed by atoms with Crippen LogP contribution in [0.15, 0.2) is 22.8 Å². The zero-order valence-corrected chi connectivity index (χ0v) is 13.3. The average molecular weight is 308 g/mol. The first-order valence-electron chi connectivity index (χ1n) is 7.99. The van der Waals surface area contributed by atoms with Crippen LogP contribution in [0.5, 0.6) is 0 Å². The van der Waals surface area contributed by atoms with E-state index in [1.807, 2.05) is 16.7 Å². The fraction of sp³-hybridized carbons (Fsp3) is 0.688. The Bertz CT molecular complexity index is 443. The van der Waals surface area contributed by atoms with Crippen LogP contribution in [0.4, 0.5) is 0 Å². The number of rotatable bonds is 3. The van der Waals surface area contributed by atoms with Crippen LogP contribution in [0.25, 0.3) is 0 Å². The number of carbonyl (C=O) groups is 1. The summed E-state index contributed by atoms with van der Waals surface area (Å²) in [5.41, 5.74) is 0. The second-order valence-corrected chi connectivity index (χ2v) is 7.07. The molecule has 2 fully saturated rings. The number of hydrogen-bond acceptors (Lipinski definition) is 4. The average Bonchev–Trinajstić information content (AvgIpc) is 2.96. The van der Waals surface area contributed by atoms with E-state index in [2.05, 4.69) is 4.90 Å². The number of nitrogens with zero attached hydrogens (tertiary/aromatic N) is 2. The Morgan fingerprint density at radius 1 is 1.24 bits per heavy atom. The van der Waals surface area contributed by atoms with E-state index < -0.39 is 0 Å². The highest BCUT2D eigenvalue weighted by molar-refractivity contribution is 7.99. The Labute approximate surface area is 130 Å². The molecule has 2 aliphatic heterocycles. The van der Waals surface area contributed by atoms with E-state index in [1.54, 1.807) is 18.4 Å². The van der Waals surface area contributed by atoms with Gasteiger partial charge in [0.15, 0.2) is 5.76 Å². The summed E-state index contributed by atoms with van der Waals surface area (Å²) in [6.07, 6.45) is 6.61. The summed E-state index contributed by atoms with van der Waals surface area (Å²) >= 11 is 1.98. The molecule has 0 N–H and O–H groups in total. The predicted molar refractivity (Wildman–Crippen MR) is 85.8 cm³/mol. The van der Waals surface area contributed by atoms with Gasteiger partial charge in [-0.1, -0.05) is 6.42 Å². The molecular weight excluding hydrogens is 284 g/mol. The van der Waals surface area contributed by atoms with Gasteiger partial charge in [-0.05, 0) is 50.2 Å². The Balaban J connectivity index is 1.69. The molecular formula is C16H24N2O2S. The molecule has 2 saturated heterocycles. The minimum absolute atomic E-state index is 0.0597. The van der Waals surface area contributed by atoms with Crippen LogP contribution in [0.1, 0.15) is 36.2 Å². The zero-order chi connectivity index (χ0) is 14.5. The molecule has 2 aliphatic rings. The molecule has 1 amide bonds. The molecule has 0 radical (unpaired) electrons. The molecule has 0 spiro atoms. The van der Waals surface area contributed by atoms with E-state index in [1.165, 1.54) is 32.4 Å². The molecule has 1 aromatic heterocycles. The largest absolute Gasteiger partial charge is 0.459 e. The third-order valence-electron chi connectivity index (χ3n) is 4.35. The van der Waals surface area contributed by atoms with Crippen LogP contribution in [0.3, 0.4) is 0 Å². The molecule has 1 atom stereocenters. The van der Waals surface area contributed by atoms with Crippen LogP contribution in [-0.2, 0) is 0 Å². The van der Waals surface area contributed by atoms with Gasteiger partial charge in [0.2, 0.25) is 0 Å². The minimum atomic E-state index is 0.0597. The highest BCUT2D eigenvalue weighted by atomic mass is 32.2. The number of amides is 1. The number of thioether (sulfide) groups is 1. The Kier molecular flexibility index (Phi) is 5.25. The first-order chi connectivity index (χ1) is 10.3. The van der Waals surface area contributed by atoms with E-state index in [0.717, 1.165) is 31.0 Å². The highest BCUT2D eigenvalue weighted by Gasteiger charge is 2.29. The minimum Gasteiger partial charge on any atom is -0.459 e. The van der Waals surface area contributed by atoms with E-state index in [9.17, 15) is 4.79 Å². The van der Waals surface area contributed by atoms with Gasteiger partial charge in [-0.2, -0.15) is 11.8 Å². The zero-order valence-electron chi connectivity index (χ0n) is 12.5. The van der Waals surface area contributed by atoms with Gasteiger partial charge in [0.25, 0.3) is 5.91 Å². The van der Waals surface area contributed by atoms with Crippen molar-refractivity contribution in [2.75, 3.05) is 37.7 Å². The van der Waals surface area contributed by atoms with Gasteiger partial charge < -0.3 is 14.2 Å². The van der Waals surface area contributed by atoms with E-state index >= 15 is 0 Å². The molecule has 0 saturated carbocycles. The summed E-state index contributed by atoms with van der Waals surface area (Å²) in [5, 5.41) is 0. The lowest BCUT2D eigenvalue weighted by molar-refractivity contribution is 0.0614. The number of likely N-dealkylation sites (tertiary alicyclic amines) is 1. The van der Waals surface area contributed by atoms with Crippen molar-refractivity contribution in [2.24, 2.45) is 0 Å². The maximum Gasteiger partial charge on any atom is 0.289 e. The van der Waals surface area contributed by atoms with Crippen molar-refractivity contribution >= 4 is 17.7 Å². The topological polar surface area (TPSA) is 36.7 Å². The summed E-state index contributed by atoms with van der Waals surface area (Å²) in [5.74, 6) is 2.73. The second kappa shape index (κ2) is 7.36. The fourth-order valence-corrected chi connectivity index (χ4v) is 4.29. The smallest absolute Gasteiger partial charge is 0.289 e. The van der Waals surface area contributed by atoms with Gasteiger partial charge in [-0.25, -0.2) is 0 Å². The normalized spacial score (nSPS) is 24.8. The SMILES string of the molecule is O=C(c1ccco1)N1CCCSCC1CN1CCCCC1. The van der Waals surface area contributed by atoms with Crippen LogP contribution in [0.2, 0.25) is 0 Å². The van der Waals surface area contributed by atoms with Crippen molar-refractivity contribution in [1.82, 2.24) is 9.80 Å². The van der Waals surface area contributed by atoms with Crippen molar-refractivity contribution in [1.29, 1.82) is 0 Å². The molecule has 3 rings (SSSR count). The van der Waals surface area contributed by atoms with Crippen LogP contribution < -0.4 is 0 Å². The summed E-state index contributed by atoms with van der Waals surface area (Å²) < 4.78 is 5.32. The van der Waals surface area contributed by atoms with Crippen molar-refractivity contribution in [3.8, 4) is 0 Å². The van der Waals surface area contributed by atoms with Crippen molar-refractivity contribution in [3.63, 3.8) is 0 Å². The van der Waals surface area contributed by atoms with Crippen molar-refractivity contribution in [3.05, 3.63) is 24.2 Å². The molecule has 0 aliphatic carbocycles. The van der Waals surface area contributed by atoms with Gasteiger partial charge in [-0.3, -0.25) is 4.79 Å². The summed E-state index contributed by atoms with van der Waals surface area (Å²) in [7, 11) is 0. The quantitative estimate of drug-likeness (QED) is 0.860. The molecule has 5 heteroatoms. The van der Waals surface area contributed by atoms with Gasteiger partial charge >= 0.3 is 0 Å². The third-order valence-corrected chi connectivity index (χ3v) is 5.55. The molecule has 0 bridgehead atoms. The maximum atomic E-state index is 12.7. The van der Waals surface area contributed by atoms with Gasteiger partial charge in [0, 0.05) is 18.8 Å². The van der Waals surface area contributed by atoms with Gasteiger partial charge in [0.1, 0.15) is 0 Å². The maximum absolute atomic E-state index is 12.7. The molecule has 1 aromatic rings. The summed E-state index contributed by atoms with van der Waals surface area (Å²) in [6, 6.07) is 3.88. The van der Waals surface area contributed by atoms with Crippen molar-refractivity contribution < 1.29 is 9.21 Å². The van der Waals surface area contributed by atoms with Crippen LogP contribution in [0, 0.1) is 0 Å². The van der Waals surface area contributed by atoms with Gasteiger partial charge in [0.05, 0.1) is 12.3 Å².